The molecule has 7 heterocycles. The summed E-state index contributed by atoms with van der Waals surface area (Å²) in [4.78, 5) is 57.8. The van der Waals surface area contributed by atoms with Crippen molar-refractivity contribution in [2.45, 2.75) is 69.0 Å². The summed E-state index contributed by atoms with van der Waals surface area (Å²) in [5, 5.41) is 22.7. The van der Waals surface area contributed by atoms with Crippen molar-refractivity contribution >= 4 is 55.9 Å². The topological polar surface area (TPSA) is 354 Å². The number of phosphoric acid groups is 2. The fraction of sp³-hybridized carbons (Fsp3) is 0.560. The van der Waals surface area contributed by atoms with Crippen molar-refractivity contribution in [1.29, 1.82) is 0 Å². The van der Waals surface area contributed by atoms with Gasteiger partial charge in [-0.05, 0) is 13.8 Å². The number of aromatic amines is 1. The molecule has 3 aliphatic heterocycles. The smallest absolute Gasteiger partial charge is 0.432 e. The van der Waals surface area contributed by atoms with Gasteiger partial charge in [0.1, 0.15) is 48.5 Å². The molecule has 26 nitrogen and oxygen atoms in total. The van der Waals surface area contributed by atoms with E-state index in [-0.39, 0.29) is 34.1 Å². The Bertz CT molecular complexity index is 2160. The van der Waals surface area contributed by atoms with E-state index in [1.165, 1.54) is 10.9 Å². The zero-order chi connectivity index (χ0) is 37.8. The van der Waals surface area contributed by atoms with Crippen LogP contribution in [0.3, 0.4) is 0 Å². The first-order valence-corrected chi connectivity index (χ1v) is 18.5. The van der Waals surface area contributed by atoms with Crippen molar-refractivity contribution in [2.75, 3.05) is 31.5 Å². The number of nitrogens with two attached hydrogens (primary N) is 2. The van der Waals surface area contributed by atoms with Crippen LogP contribution in [0.4, 0.5) is 16.6 Å². The number of ether oxygens (including phenoxy) is 4. The minimum atomic E-state index is -5.15. The van der Waals surface area contributed by atoms with Crippen LogP contribution in [-0.2, 0) is 50.7 Å². The number of nitrogens with zero attached hydrogens (tertiary/aromatic N) is 7. The third kappa shape index (κ3) is 7.36. The molecule has 4 aromatic heterocycles. The lowest BCUT2D eigenvalue weighted by atomic mass is 10.1. The van der Waals surface area contributed by atoms with Crippen LogP contribution in [0, 0.1) is 0 Å². The van der Waals surface area contributed by atoms with Crippen LogP contribution in [0.25, 0.3) is 22.3 Å². The highest BCUT2D eigenvalue weighted by Crippen LogP contribution is 2.56. The number of phosphoric ester groups is 2. The van der Waals surface area contributed by atoms with Gasteiger partial charge in [-0.25, -0.2) is 38.4 Å². The lowest BCUT2D eigenvalue weighted by molar-refractivity contribution is -0.0772. The molecule has 0 saturated carbocycles. The normalized spacial score (nSPS) is 33.7. The number of anilines is 2. The Morgan fingerprint density at radius 3 is 2.42 bits per heavy atom. The zero-order valence-corrected chi connectivity index (χ0v) is 29.2. The fourth-order valence-corrected chi connectivity index (χ4v) is 7.92. The number of H-pyrrole nitrogens is 1. The van der Waals surface area contributed by atoms with E-state index in [0.717, 1.165) is 17.2 Å². The molecule has 288 valence electrons. The molecule has 53 heavy (non-hydrogen) atoms. The number of carbonyl (C=O) groups is 1. The van der Waals surface area contributed by atoms with E-state index in [9.17, 15) is 33.8 Å². The summed E-state index contributed by atoms with van der Waals surface area (Å²) < 4.78 is 78.9. The van der Waals surface area contributed by atoms with Gasteiger partial charge >= 0.3 is 21.8 Å². The quantitative estimate of drug-likeness (QED) is 0.0791. The number of fused-ring (bicyclic) bond motifs is 5. The van der Waals surface area contributed by atoms with Gasteiger partial charge in [-0.2, -0.15) is 4.98 Å². The molecule has 3 aliphatic rings. The van der Waals surface area contributed by atoms with E-state index in [1.54, 1.807) is 13.8 Å². The Morgan fingerprint density at radius 2 is 1.66 bits per heavy atom. The third-order valence-corrected chi connectivity index (χ3v) is 10.4. The molecule has 7 rings (SSSR count). The van der Waals surface area contributed by atoms with Gasteiger partial charge in [-0.3, -0.25) is 37.0 Å². The molecule has 0 aromatic carbocycles. The van der Waals surface area contributed by atoms with E-state index in [1.807, 2.05) is 0 Å². The minimum Gasteiger partial charge on any atom is -0.432 e. The monoisotopic (exact) mass is 790 g/mol. The Morgan fingerprint density at radius 1 is 0.962 bits per heavy atom. The predicted octanol–water partition coefficient (Wildman–Crippen LogP) is -0.798. The van der Waals surface area contributed by atoms with Crippen molar-refractivity contribution in [2.24, 2.45) is 0 Å². The van der Waals surface area contributed by atoms with E-state index in [4.69, 9.17) is 53.0 Å². The summed E-state index contributed by atoms with van der Waals surface area (Å²) in [6.45, 7) is 0.297. The fourth-order valence-electron chi connectivity index (χ4n) is 5.72. The second kappa shape index (κ2) is 14.2. The Kier molecular flexibility index (Phi) is 9.98. The number of rotatable bonds is 6. The maximum atomic E-state index is 14.4. The maximum absolute atomic E-state index is 14.4. The number of hydrogen-bond donors (Lipinski definition) is 6. The predicted molar refractivity (Wildman–Crippen MR) is 170 cm³/mol. The molecular formula is C25H32N10O16P2. The van der Waals surface area contributed by atoms with Crippen LogP contribution in [0.15, 0.2) is 23.8 Å². The Labute approximate surface area is 295 Å². The van der Waals surface area contributed by atoms with Crippen molar-refractivity contribution in [1.82, 2.24) is 39.0 Å². The van der Waals surface area contributed by atoms with Gasteiger partial charge in [-0.1, -0.05) is 0 Å². The van der Waals surface area contributed by atoms with Crippen LogP contribution >= 0.6 is 15.6 Å². The number of nitrogen functional groups attached to an aromatic ring is 2. The molecule has 4 aromatic rings. The summed E-state index contributed by atoms with van der Waals surface area (Å²) in [5.74, 6) is -0.298. The van der Waals surface area contributed by atoms with Crippen molar-refractivity contribution in [3.63, 3.8) is 0 Å². The zero-order valence-electron chi connectivity index (χ0n) is 27.4. The summed E-state index contributed by atoms with van der Waals surface area (Å²) in [6.07, 6.45) is -11.5. The van der Waals surface area contributed by atoms with Crippen molar-refractivity contribution in [3.05, 3.63) is 29.3 Å². The molecule has 2 bridgehead atoms. The van der Waals surface area contributed by atoms with Gasteiger partial charge in [0.25, 0.3) is 5.56 Å². The molecule has 6 unspecified atom stereocenters. The molecular weight excluding hydrogens is 758 g/mol. The SMILES string of the molecule is CC(C)OC(=O)OCOP1(=O)OC[C@H]2O[C@@H](n3cnc4c(N)ncnc43)C(O)C2OP(=O)(O)OC[C@H]2O[C@@H](n3cnc4c(=O)[nH]c(N)nc43)C(O1)C2O. The molecule has 0 amide bonds. The number of aliphatic hydroxyl groups excluding tert-OH is 2. The van der Waals surface area contributed by atoms with Gasteiger partial charge in [0.2, 0.25) is 12.7 Å². The molecule has 0 radical (unpaired) electrons. The molecule has 3 fully saturated rings. The first-order chi connectivity index (χ1) is 25.1. The lowest BCUT2D eigenvalue weighted by Gasteiger charge is -2.27. The first kappa shape index (κ1) is 37.2. The second-order valence-corrected chi connectivity index (χ2v) is 15.0. The molecule has 0 spiro atoms. The third-order valence-electron chi connectivity index (χ3n) is 8.03. The highest BCUT2D eigenvalue weighted by molar-refractivity contribution is 7.48. The summed E-state index contributed by atoms with van der Waals surface area (Å²) in [7, 11) is -10.2. The van der Waals surface area contributed by atoms with Crippen LogP contribution < -0.4 is 17.0 Å². The van der Waals surface area contributed by atoms with Gasteiger partial charge in [0, 0.05) is 0 Å². The van der Waals surface area contributed by atoms with Gasteiger partial charge in [0.15, 0.2) is 35.1 Å². The van der Waals surface area contributed by atoms with Gasteiger partial charge in [-0.15, -0.1) is 0 Å². The van der Waals surface area contributed by atoms with E-state index in [2.05, 4.69) is 29.9 Å². The first-order valence-electron chi connectivity index (χ1n) is 15.5. The lowest BCUT2D eigenvalue weighted by Crippen LogP contribution is -2.36. The summed E-state index contributed by atoms with van der Waals surface area (Å²) in [6, 6.07) is 0. The number of carbonyl (C=O) groups excluding carboxylic acids is 1. The highest BCUT2D eigenvalue weighted by Gasteiger charge is 2.54. The van der Waals surface area contributed by atoms with E-state index >= 15 is 0 Å². The van der Waals surface area contributed by atoms with Crippen LogP contribution in [0.1, 0.15) is 26.3 Å². The number of aromatic nitrogens is 8. The second-order valence-electron chi connectivity index (χ2n) is 11.9. The molecule has 28 heteroatoms. The standard InChI is InChI=1S/C25H32N10O16P2/c1-9(2)47-25(39)43-8-46-53(42)45-4-11-16(15(37)22(49-11)34-6-30-12-18(26)28-5-29-19(12)34)50-52(40,41)44-3-10-14(36)17(51-53)23(48-10)35-7-31-13-20(35)32-24(27)33-21(13)38/h5-7,9-11,14-17,22-23,36-37H,3-4,8H2,1-2H3,(H,40,41)(H2,26,28,29)(H3,27,32,33,38)/t10-,11-,14?,15?,16?,17?,22-,23-,53?/m1/s1. The van der Waals surface area contributed by atoms with Crippen LogP contribution in [0.2, 0.25) is 0 Å². The highest BCUT2D eigenvalue weighted by atomic mass is 31.2. The average Bonchev–Trinajstić information content (AvgIpc) is 3.84. The van der Waals surface area contributed by atoms with Crippen LogP contribution in [-0.4, -0.2) is 123 Å². The Balaban J connectivity index is 1.23. The van der Waals surface area contributed by atoms with Gasteiger partial charge < -0.3 is 45.5 Å². The van der Waals surface area contributed by atoms with Crippen molar-refractivity contribution < 1.29 is 70.6 Å². The largest absolute Gasteiger partial charge is 0.510 e. The molecule has 3 saturated heterocycles. The number of nitrogens with one attached hydrogen (secondary N) is 1. The number of imidazole rings is 2. The average molecular weight is 791 g/mol. The minimum absolute atomic E-state index is 0.0125. The number of hydrogen-bond acceptors (Lipinski definition) is 22. The molecule has 0 aliphatic carbocycles. The summed E-state index contributed by atoms with van der Waals surface area (Å²) in [5.41, 5.74) is 10.8. The van der Waals surface area contributed by atoms with Crippen LogP contribution in [0.5, 0.6) is 0 Å². The maximum Gasteiger partial charge on any atom is 0.510 e. The van der Waals surface area contributed by atoms with E-state index in [0.29, 0.717) is 0 Å². The van der Waals surface area contributed by atoms with Crippen molar-refractivity contribution in [3.8, 4) is 0 Å². The van der Waals surface area contributed by atoms with E-state index < -0.39 is 103 Å². The molecule has 10 atom stereocenters. The number of aliphatic hydroxyl groups is 2. The molecule has 8 N–H and O–H groups in total. The Hall–Kier alpha value is -4.17. The van der Waals surface area contributed by atoms with Gasteiger partial charge in [0.05, 0.1) is 32.0 Å². The summed E-state index contributed by atoms with van der Waals surface area (Å²) >= 11 is 0.